The molecule has 0 bridgehead atoms. The maximum atomic E-state index is 13.3. The molecular weight excluding hydrogens is 354 g/mol. The van der Waals surface area contributed by atoms with Gasteiger partial charge in [-0.15, -0.1) is 0 Å². The van der Waals surface area contributed by atoms with E-state index in [1.54, 1.807) is 12.1 Å². The number of carboxylic acids is 1. The summed E-state index contributed by atoms with van der Waals surface area (Å²) in [6, 6.07) is 3.41. The fourth-order valence-electron chi connectivity index (χ4n) is 4.88. The van der Waals surface area contributed by atoms with Crippen LogP contribution in [0, 0.1) is 5.92 Å². The lowest BCUT2D eigenvalue weighted by molar-refractivity contribution is -0.141. The number of carbonyl (C=O) groups is 2. The summed E-state index contributed by atoms with van der Waals surface area (Å²) in [4.78, 5) is 23.9. The molecule has 2 aliphatic carbocycles. The van der Waals surface area contributed by atoms with Crippen LogP contribution in [0.3, 0.4) is 0 Å². The second-order valence-corrected chi connectivity index (χ2v) is 9.48. The first-order valence-corrected chi connectivity index (χ1v) is 10.8. The van der Waals surface area contributed by atoms with Crippen molar-refractivity contribution in [2.24, 2.45) is 5.92 Å². The van der Waals surface area contributed by atoms with Gasteiger partial charge in [-0.1, -0.05) is 12.8 Å². The molecule has 0 aromatic heterocycles. The number of hydrogen-bond donors (Lipinski definition) is 1. The van der Waals surface area contributed by atoms with Crippen molar-refractivity contribution < 1.29 is 23.1 Å². The van der Waals surface area contributed by atoms with Crippen LogP contribution >= 0.6 is 0 Å². The third-order valence-electron chi connectivity index (χ3n) is 6.12. The third-order valence-corrected chi connectivity index (χ3v) is 8.05. The average Bonchev–Trinajstić information content (AvgIpc) is 3.02. The molecule has 26 heavy (non-hydrogen) atoms. The van der Waals surface area contributed by atoms with Gasteiger partial charge in [-0.25, -0.2) is 8.42 Å². The van der Waals surface area contributed by atoms with E-state index in [9.17, 15) is 23.1 Å². The van der Waals surface area contributed by atoms with Crippen LogP contribution in [0.4, 0.5) is 0 Å². The fraction of sp³-hybridized carbons (Fsp3) is 0.579. The Labute approximate surface area is 153 Å². The smallest absolute Gasteiger partial charge is 0.322 e. The number of Topliss-reactive ketones (excluding diaryl/α,β-unsaturated/α-hetero) is 1. The van der Waals surface area contributed by atoms with Gasteiger partial charge in [-0.3, -0.25) is 9.59 Å². The Morgan fingerprint density at radius 1 is 1.12 bits per heavy atom. The molecule has 1 aromatic carbocycles. The zero-order chi connectivity index (χ0) is 18.5. The van der Waals surface area contributed by atoms with Crippen molar-refractivity contribution in [2.75, 3.05) is 0 Å². The highest BCUT2D eigenvalue weighted by Crippen LogP contribution is 2.43. The van der Waals surface area contributed by atoms with Gasteiger partial charge in [-0.2, -0.15) is 4.31 Å². The highest BCUT2D eigenvalue weighted by atomic mass is 32.2. The molecule has 1 heterocycles. The number of nitrogens with zero attached hydrogens (tertiary/aromatic N) is 1. The molecule has 140 valence electrons. The first-order valence-electron chi connectivity index (χ1n) is 9.32. The van der Waals surface area contributed by atoms with Crippen LogP contribution in [-0.2, 0) is 21.2 Å². The van der Waals surface area contributed by atoms with Gasteiger partial charge < -0.3 is 5.11 Å². The van der Waals surface area contributed by atoms with Crippen LogP contribution in [0.2, 0.25) is 0 Å². The van der Waals surface area contributed by atoms with E-state index in [-0.39, 0.29) is 22.6 Å². The van der Waals surface area contributed by atoms with Crippen molar-refractivity contribution >= 4 is 21.8 Å². The molecule has 3 aliphatic rings. The second-order valence-electron chi connectivity index (χ2n) is 7.63. The lowest BCUT2D eigenvalue weighted by Gasteiger charge is -2.32. The van der Waals surface area contributed by atoms with Gasteiger partial charge in [0.1, 0.15) is 6.04 Å². The van der Waals surface area contributed by atoms with Crippen molar-refractivity contribution in [3.8, 4) is 0 Å². The first kappa shape index (κ1) is 17.7. The first-order chi connectivity index (χ1) is 12.4. The van der Waals surface area contributed by atoms with E-state index in [0.717, 1.165) is 37.7 Å². The number of hydrogen-bond acceptors (Lipinski definition) is 4. The summed E-state index contributed by atoms with van der Waals surface area (Å²) in [6.45, 7) is 0. The molecule has 2 fully saturated rings. The lowest BCUT2D eigenvalue weighted by Crippen LogP contribution is -2.46. The number of sulfonamides is 1. The minimum atomic E-state index is -3.91. The molecule has 1 aliphatic heterocycles. The van der Waals surface area contributed by atoms with Crippen molar-refractivity contribution in [2.45, 2.75) is 68.3 Å². The van der Waals surface area contributed by atoms with Crippen molar-refractivity contribution in [1.82, 2.24) is 4.31 Å². The monoisotopic (exact) mass is 377 g/mol. The van der Waals surface area contributed by atoms with Crippen LogP contribution in [0.15, 0.2) is 23.1 Å². The van der Waals surface area contributed by atoms with Gasteiger partial charge in [0.25, 0.3) is 0 Å². The molecule has 0 amide bonds. The van der Waals surface area contributed by atoms with Crippen molar-refractivity contribution in [3.05, 3.63) is 29.3 Å². The largest absolute Gasteiger partial charge is 0.480 e. The zero-order valence-electron chi connectivity index (χ0n) is 14.6. The standard InChI is InChI=1S/C19H23NO5S/c21-18-7-3-5-12-10-14(8-9-15(12)18)26(24,25)20-16-6-2-1-4-13(16)11-17(20)19(22)23/h8-10,13,16-17H,1-7,11H2,(H,22,23). The molecule has 0 radical (unpaired) electrons. The molecule has 6 nitrogen and oxygen atoms in total. The Hall–Kier alpha value is -1.73. The molecule has 4 rings (SSSR count). The maximum Gasteiger partial charge on any atom is 0.322 e. The SMILES string of the molecule is O=C1CCCc2cc(S(=O)(=O)N3C(C(=O)O)CC4CCCCC43)ccc21. The van der Waals surface area contributed by atoms with Gasteiger partial charge in [0.05, 0.1) is 4.90 Å². The highest BCUT2D eigenvalue weighted by Gasteiger charge is 2.51. The molecule has 3 atom stereocenters. The molecule has 1 N–H and O–H groups in total. The van der Waals surface area contributed by atoms with E-state index in [4.69, 9.17) is 0 Å². The summed E-state index contributed by atoms with van der Waals surface area (Å²) >= 11 is 0. The number of ketones is 1. The summed E-state index contributed by atoms with van der Waals surface area (Å²) < 4.78 is 28.0. The molecule has 1 aromatic rings. The Kier molecular flexibility index (Phi) is 4.39. The van der Waals surface area contributed by atoms with Gasteiger partial charge in [0.2, 0.25) is 10.0 Å². The Balaban J connectivity index is 1.75. The van der Waals surface area contributed by atoms with E-state index in [0.29, 0.717) is 24.8 Å². The minimum absolute atomic E-state index is 0.0483. The number of fused-ring (bicyclic) bond motifs is 2. The summed E-state index contributed by atoms with van der Waals surface area (Å²) in [5, 5.41) is 9.62. The number of carbonyl (C=O) groups excluding carboxylic acids is 1. The second kappa shape index (κ2) is 6.46. The minimum Gasteiger partial charge on any atom is -0.480 e. The van der Waals surface area contributed by atoms with Crippen LogP contribution < -0.4 is 0 Å². The van der Waals surface area contributed by atoms with Crippen LogP contribution in [0.5, 0.6) is 0 Å². The van der Waals surface area contributed by atoms with E-state index >= 15 is 0 Å². The Morgan fingerprint density at radius 3 is 2.65 bits per heavy atom. The van der Waals surface area contributed by atoms with Gasteiger partial charge in [0, 0.05) is 18.0 Å². The predicted molar refractivity (Wildman–Crippen MR) is 94.5 cm³/mol. The van der Waals surface area contributed by atoms with Crippen LogP contribution in [0.25, 0.3) is 0 Å². The van der Waals surface area contributed by atoms with E-state index in [1.807, 2.05) is 0 Å². The Bertz CT molecular complexity index is 863. The van der Waals surface area contributed by atoms with E-state index < -0.39 is 22.0 Å². The number of rotatable bonds is 3. The summed E-state index contributed by atoms with van der Waals surface area (Å²) in [5.74, 6) is -0.901. The van der Waals surface area contributed by atoms with Crippen LogP contribution in [0.1, 0.15) is 60.9 Å². The molecule has 1 saturated heterocycles. The summed E-state index contributed by atoms with van der Waals surface area (Å²) in [6.07, 6.45) is 5.86. The topological polar surface area (TPSA) is 91.8 Å². The van der Waals surface area contributed by atoms with Crippen molar-refractivity contribution in [1.29, 1.82) is 0 Å². The molecule has 0 spiro atoms. The quantitative estimate of drug-likeness (QED) is 0.874. The molecule has 3 unspecified atom stereocenters. The number of aryl methyl sites for hydroxylation is 1. The number of aliphatic carboxylic acids is 1. The van der Waals surface area contributed by atoms with Gasteiger partial charge in [-0.05, 0) is 61.8 Å². The van der Waals surface area contributed by atoms with Crippen molar-refractivity contribution in [3.63, 3.8) is 0 Å². The van der Waals surface area contributed by atoms with E-state index in [1.165, 1.54) is 10.4 Å². The van der Waals surface area contributed by atoms with Gasteiger partial charge >= 0.3 is 5.97 Å². The lowest BCUT2D eigenvalue weighted by atomic mass is 9.85. The highest BCUT2D eigenvalue weighted by molar-refractivity contribution is 7.89. The zero-order valence-corrected chi connectivity index (χ0v) is 15.4. The molecular formula is C19H23NO5S. The maximum absolute atomic E-state index is 13.3. The number of benzene rings is 1. The third kappa shape index (κ3) is 2.77. The number of carboxylic acid groups (broad SMARTS) is 1. The summed E-state index contributed by atoms with van der Waals surface area (Å²) in [7, 11) is -3.91. The van der Waals surface area contributed by atoms with Crippen LogP contribution in [-0.4, -0.2) is 41.7 Å². The Morgan fingerprint density at radius 2 is 1.88 bits per heavy atom. The fourth-order valence-corrected chi connectivity index (χ4v) is 6.80. The van der Waals surface area contributed by atoms with Gasteiger partial charge in [0.15, 0.2) is 5.78 Å². The molecule has 7 heteroatoms. The normalized spacial score (nSPS) is 29.2. The average molecular weight is 377 g/mol. The van der Waals surface area contributed by atoms with E-state index in [2.05, 4.69) is 0 Å². The predicted octanol–water partition coefficient (Wildman–Crippen LogP) is 2.61. The summed E-state index contributed by atoms with van der Waals surface area (Å²) in [5.41, 5.74) is 1.36. The molecule has 1 saturated carbocycles.